The third-order valence-corrected chi connectivity index (χ3v) is 4.85. The van der Waals surface area contributed by atoms with Crippen LogP contribution in [0.3, 0.4) is 0 Å². The van der Waals surface area contributed by atoms with Crippen molar-refractivity contribution >= 4 is 17.8 Å². The summed E-state index contributed by atoms with van der Waals surface area (Å²) in [7, 11) is 0. The summed E-state index contributed by atoms with van der Waals surface area (Å²) in [5.41, 5.74) is 6.38. The Labute approximate surface area is 169 Å². The average Bonchev–Trinajstić information content (AvgIpc) is 2.76. The SMILES string of the molecule is NC(=O)[C@H]1CCCCN1C(=O)COC(=O)c1ccccc1COc1ccccc1. The number of piperidine rings is 1. The minimum Gasteiger partial charge on any atom is -0.489 e. The van der Waals surface area contributed by atoms with Gasteiger partial charge in [-0.1, -0.05) is 36.4 Å². The molecule has 2 aromatic rings. The summed E-state index contributed by atoms with van der Waals surface area (Å²) >= 11 is 0. The van der Waals surface area contributed by atoms with Gasteiger partial charge in [0.15, 0.2) is 6.61 Å². The van der Waals surface area contributed by atoms with Crippen LogP contribution in [0.1, 0.15) is 35.2 Å². The summed E-state index contributed by atoms with van der Waals surface area (Å²) < 4.78 is 10.9. The molecule has 0 aliphatic carbocycles. The van der Waals surface area contributed by atoms with E-state index in [0.717, 1.165) is 12.8 Å². The number of esters is 1. The highest BCUT2D eigenvalue weighted by Crippen LogP contribution is 2.18. The maximum absolute atomic E-state index is 12.5. The number of ether oxygens (including phenoxy) is 2. The summed E-state index contributed by atoms with van der Waals surface area (Å²) in [6, 6.07) is 15.6. The van der Waals surface area contributed by atoms with Crippen LogP contribution >= 0.6 is 0 Å². The zero-order valence-electron chi connectivity index (χ0n) is 16.1. The maximum Gasteiger partial charge on any atom is 0.339 e. The van der Waals surface area contributed by atoms with Gasteiger partial charge in [-0.15, -0.1) is 0 Å². The molecule has 1 aliphatic rings. The topological polar surface area (TPSA) is 98.9 Å². The van der Waals surface area contributed by atoms with E-state index < -0.39 is 30.4 Å². The summed E-state index contributed by atoms with van der Waals surface area (Å²) in [6.07, 6.45) is 2.17. The smallest absolute Gasteiger partial charge is 0.339 e. The fraction of sp³-hybridized carbons (Fsp3) is 0.318. The molecule has 2 aromatic carbocycles. The zero-order chi connectivity index (χ0) is 20.6. The van der Waals surface area contributed by atoms with Crippen LogP contribution in [0.4, 0.5) is 0 Å². The average molecular weight is 396 g/mol. The molecule has 3 rings (SSSR count). The number of amides is 2. The Balaban J connectivity index is 1.60. The lowest BCUT2D eigenvalue weighted by Crippen LogP contribution is -2.51. The molecule has 0 unspecified atom stereocenters. The summed E-state index contributed by atoms with van der Waals surface area (Å²) in [5, 5.41) is 0. The van der Waals surface area contributed by atoms with E-state index in [4.69, 9.17) is 15.2 Å². The van der Waals surface area contributed by atoms with Crippen LogP contribution < -0.4 is 10.5 Å². The monoisotopic (exact) mass is 396 g/mol. The van der Waals surface area contributed by atoms with Gasteiger partial charge < -0.3 is 20.1 Å². The second-order valence-electron chi connectivity index (χ2n) is 6.84. The zero-order valence-corrected chi connectivity index (χ0v) is 16.1. The number of nitrogens with two attached hydrogens (primary N) is 1. The van der Waals surface area contributed by atoms with E-state index in [1.165, 1.54) is 4.90 Å². The molecule has 1 heterocycles. The van der Waals surface area contributed by atoms with Crippen molar-refractivity contribution in [3.8, 4) is 5.75 Å². The van der Waals surface area contributed by atoms with E-state index >= 15 is 0 Å². The highest BCUT2D eigenvalue weighted by Gasteiger charge is 2.31. The molecule has 1 atom stereocenters. The van der Waals surface area contributed by atoms with Crippen molar-refractivity contribution in [1.82, 2.24) is 4.90 Å². The third-order valence-electron chi connectivity index (χ3n) is 4.85. The number of rotatable bonds is 7. The highest BCUT2D eigenvalue weighted by atomic mass is 16.5. The van der Waals surface area contributed by atoms with Crippen LogP contribution in [0.25, 0.3) is 0 Å². The van der Waals surface area contributed by atoms with Crippen LogP contribution in [-0.4, -0.2) is 41.9 Å². The summed E-state index contributed by atoms with van der Waals surface area (Å²) in [4.78, 5) is 38.0. The largest absolute Gasteiger partial charge is 0.489 e. The molecule has 0 saturated carbocycles. The van der Waals surface area contributed by atoms with Gasteiger partial charge in [0.05, 0.1) is 5.56 Å². The van der Waals surface area contributed by atoms with Crippen molar-refractivity contribution in [2.24, 2.45) is 5.73 Å². The number of likely N-dealkylation sites (tertiary alicyclic amines) is 1. The molecular weight excluding hydrogens is 372 g/mol. The molecule has 0 radical (unpaired) electrons. The van der Waals surface area contributed by atoms with Crippen molar-refractivity contribution in [3.05, 3.63) is 65.7 Å². The van der Waals surface area contributed by atoms with Crippen molar-refractivity contribution in [2.45, 2.75) is 31.9 Å². The number of hydrogen-bond acceptors (Lipinski definition) is 5. The predicted molar refractivity (Wildman–Crippen MR) is 106 cm³/mol. The van der Waals surface area contributed by atoms with E-state index in [9.17, 15) is 14.4 Å². The molecule has 0 aromatic heterocycles. The Morgan fingerprint density at radius 1 is 1.00 bits per heavy atom. The van der Waals surface area contributed by atoms with E-state index in [-0.39, 0.29) is 6.61 Å². The van der Waals surface area contributed by atoms with E-state index in [2.05, 4.69) is 0 Å². The minimum absolute atomic E-state index is 0.194. The van der Waals surface area contributed by atoms with Gasteiger partial charge in [-0.05, 0) is 37.5 Å². The van der Waals surface area contributed by atoms with E-state index in [1.807, 2.05) is 30.3 Å². The van der Waals surface area contributed by atoms with Crippen molar-refractivity contribution in [2.75, 3.05) is 13.2 Å². The quantitative estimate of drug-likeness (QED) is 0.724. The van der Waals surface area contributed by atoms with Gasteiger partial charge >= 0.3 is 5.97 Å². The number of carbonyl (C=O) groups excluding carboxylic acids is 3. The Morgan fingerprint density at radius 3 is 2.48 bits per heavy atom. The molecule has 2 N–H and O–H groups in total. The second kappa shape index (κ2) is 9.73. The predicted octanol–water partition coefficient (Wildman–Crippen LogP) is 2.29. The fourth-order valence-electron chi connectivity index (χ4n) is 3.34. The number of hydrogen-bond donors (Lipinski definition) is 1. The number of carbonyl (C=O) groups is 3. The Kier molecular flexibility index (Phi) is 6.84. The first-order chi connectivity index (χ1) is 14.1. The lowest BCUT2D eigenvalue weighted by atomic mass is 10.0. The molecule has 1 aliphatic heterocycles. The van der Waals surface area contributed by atoms with Gasteiger partial charge in [0.25, 0.3) is 5.91 Å². The first-order valence-electron chi connectivity index (χ1n) is 9.58. The van der Waals surface area contributed by atoms with Gasteiger partial charge in [-0.2, -0.15) is 0 Å². The molecule has 2 amide bonds. The Morgan fingerprint density at radius 2 is 1.72 bits per heavy atom. The van der Waals surface area contributed by atoms with Crippen LogP contribution in [0.2, 0.25) is 0 Å². The minimum atomic E-state index is -0.637. The number of para-hydroxylation sites is 1. The molecular formula is C22H24N2O5. The Hall–Kier alpha value is -3.35. The molecule has 1 saturated heterocycles. The fourth-order valence-corrected chi connectivity index (χ4v) is 3.34. The van der Waals surface area contributed by atoms with Crippen molar-refractivity contribution in [1.29, 1.82) is 0 Å². The number of nitrogens with zero attached hydrogens (tertiary/aromatic N) is 1. The molecule has 29 heavy (non-hydrogen) atoms. The normalized spacial score (nSPS) is 16.1. The summed E-state index contributed by atoms with van der Waals surface area (Å²) in [6.45, 7) is 0.196. The van der Waals surface area contributed by atoms with Crippen LogP contribution in [-0.2, 0) is 20.9 Å². The molecule has 7 nitrogen and oxygen atoms in total. The van der Waals surface area contributed by atoms with Gasteiger partial charge in [0.1, 0.15) is 18.4 Å². The molecule has 7 heteroatoms. The van der Waals surface area contributed by atoms with Crippen LogP contribution in [0.15, 0.2) is 54.6 Å². The lowest BCUT2D eigenvalue weighted by molar-refractivity contribution is -0.143. The lowest BCUT2D eigenvalue weighted by Gasteiger charge is -2.33. The molecule has 152 valence electrons. The van der Waals surface area contributed by atoms with Gasteiger partial charge in [0.2, 0.25) is 5.91 Å². The van der Waals surface area contributed by atoms with Gasteiger partial charge in [0, 0.05) is 12.1 Å². The molecule has 0 bridgehead atoms. The third kappa shape index (κ3) is 5.34. The van der Waals surface area contributed by atoms with Crippen molar-refractivity contribution < 1.29 is 23.9 Å². The summed E-state index contributed by atoms with van der Waals surface area (Å²) in [5.74, 6) is -0.876. The van der Waals surface area contributed by atoms with Crippen LogP contribution in [0, 0.1) is 0 Å². The molecule has 1 fully saturated rings. The number of benzene rings is 2. The van der Waals surface area contributed by atoms with E-state index in [1.54, 1.807) is 24.3 Å². The second-order valence-corrected chi connectivity index (χ2v) is 6.84. The standard InChI is InChI=1S/C22H24N2O5/c23-21(26)19-12-6-7-13-24(19)20(25)15-29-22(27)18-11-5-4-8-16(18)14-28-17-9-2-1-3-10-17/h1-5,8-11,19H,6-7,12-15H2,(H2,23,26)/t19-/m1/s1. The first-order valence-corrected chi connectivity index (χ1v) is 9.58. The highest BCUT2D eigenvalue weighted by molar-refractivity contribution is 5.93. The molecule has 0 spiro atoms. The Bertz CT molecular complexity index is 869. The van der Waals surface area contributed by atoms with Crippen molar-refractivity contribution in [3.63, 3.8) is 0 Å². The van der Waals surface area contributed by atoms with Gasteiger partial charge in [-0.3, -0.25) is 9.59 Å². The van der Waals surface area contributed by atoms with E-state index in [0.29, 0.717) is 29.8 Å². The van der Waals surface area contributed by atoms with Gasteiger partial charge in [-0.25, -0.2) is 4.79 Å². The maximum atomic E-state index is 12.5. The first kappa shape index (κ1) is 20.4. The van der Waals surface area contributed by atoms with Crippen LogP contribution in [0.5, 0.6) is 5.75 Å². The number of primary amides is 1.